The highest BCUT2D eigenvalue weighted by molar-refractivity contribution is 5.79. The van der Waals surface area contributed by atoms with E-state index in [0.717, 1.165) is 19.3 Å². The summed E-state index contributed by atoms with van der Waals surface area (Å²) in [4.78, 5) is 22.8. The smallest absolute Gasteiger partial charge is 0.306 e. The highest BCUT2D eigenvalue weighted by Crippen LogP contribution is 2.40. The van der Waals surface area contributed by atoms with Gasteiger partial charge < -0.3 is 15.2 Å². The Morgan fingerprint density at radius 2 is 2.11 bits per heavy atom. The summed E-state index contributed by atoms with van der Waals surface area (Å²) >= 11 is 0. The van der Waals surface area contributed by atoms with Crippen molar-refractivity contribution in [3.8, 4) is 0 Å². The first kappa shape index (κ1) is 16.0. The SMILES string of the molecule is COC(CNC(=O)C1CCCCC1(C)C)CC(=O)O. The molecular formula is C14H25NO4. The molecule has 1 fully saturated rings. The summed E-state index contributed by atoms with van der Waals surface area (Å²) in [6, 6.07) is 0. The van der Waals surface area contributed by atoms with Crippen LogP contribution < -0.4 is 5.32 Å². The van der Waals surface area contributed by atoms with Crippen LogP contribution in [0.1, 0.15) is 46.0 Å². The lowest BCUT2D eigenvalue weighted by Crippen LogP contribution is -2.44. The molecule has 2 unspecified atom stereocenters. The molecule has 0 aromatic heterocycles. The highest BCUT2D eigenvalue weighted by Gasteiger charge is 2.37. The van der Waals surface area contributed by atoms with Crippen LogP contribution in [-0.4, -0.2) is 36.7 Å². The fraction of sp³-hybridized carbons (Fsp3) is 0.857. The number of carboxylic acids is 1. The number of carboxylic acid groups (broad SMARTS) is 1. The fourth-order valence-corrected chi connectivity index (χ4v) is 2.75. The number of ether oxygens (including phenoxy) is 1. The van der Waals surface area contributed by atoms with E-state index in [-0.39, 0.29) is 30.2 Å². The van der Waals surface area contributed by atoms with E-state index in [1.54, 1.807) is 0 Å². The Morgan fingerprint density at radius 1 is 1.42 bits per heavy atom. The fourth-order valence-electron chi connectivity index (χ4n) is 2.75. The second kappa shape index (κ2) is 6.89. The van der Waals surface area contributed by atoms with Crippen LogP contribution in [0.2, 0.25) is 0 Å². The third kappa shape index (κ3) is 4.82. The van der Waals surface area contributed by atoms with Crippen LogP contribution in [0.15, 0.2) is 0 Å². The normalized spacial score (nSPS) is 23.6. The highest BCUT2D eigenvalue weighted by atomic mass is 16.5. The van der Waals surface area contributed by atoms with E-state index < -0.39 is 12.1 Å². The molecule has 0 aromatic rings. The molecule has 5 heteroatoms. The third-order valence-corrected chi connectivity index (χ3v) is 4.06. The van der Waals surface area contributed by atoms with Gasteiger partial charge in [-0.25, -0.2) is 0 Å². The van der Waals surface area contributed by atoms with E-state index in [1.165, 1.54) is 13.5 Å². The number of methoxy groups -OCH3 is 1. The topological polar surface area (TPSA) is 75.6 Å². The molecule has 0 saturated heterocycles. The molecule has 1 rings (SSSR count). The molecule has 0 aliphatic heterocycles. The summed E-state index contributed by atoms with van der Waals surface area (Å²) in [6.07, 6.45) is 3.68. The van der Waals surface area contributed by atoms with E-state index in [2.05, 4.69) is 19.2 Å². The standard InChI is InChI=1S/C14H25NO4/c1-14(2)7-5-4-6-11(14)13(18)15-9-10(19-3)8-12(16)17/h10-11H,4-9H2,1-3H3,(H,15,18)(H,16,17). The average molecular weight is 271 g/mol. The molecule has 0 bridgehead atoms. The van der Waals surface area contributed by atoms with E-state index in [1.807, 2.05) is 0 Å². The van der Waals surface area contributed by atoms with Gasteiger partial charge >= 0.3 is 5.97 Å². The summed E-state index contributed by atoms with van der Waals surface area (Å²) in [7, 11) is 1.46. The van der Waals surface area contributed by atoms with Crippen LogP contribution in [0.5, 0.6) is 0 Å². The Kier molecular flexibility index (Phi) is 5.79. The lowest BCUT2D eigenvalue weighted by atomic mass is 9.68. The van der Waals surface area contributed by atoms with Gasteiger partial charge in [0.15, 0.2) is 0 Å². The first-order valence-electron chi connectivity index (χ1n) is 6.89. The lowest BCUT2D eigenvalue weighted by molar-refractivity contribution is -0.140. The Labute approximate surface area is 114 Å². The van der Waals surface area contributed by atoms with Gasteiger partial charge in [-0.2, -0.15) is 0 Å². The van der Waals surface area contributed by atoms with Crippen molar-refractivity contribution in [2.75, 3.05) is 13.7 Å². The van der Waals surface area contributed by atoms with Crippen molar-refractivity contribution in [1.29, 1.82) is 0 Å². The molecule has 0 radical (unpaired) electrons. The molecule has 0 heterocycles. The van der Waals surface area contributed by atoms with Crippen LogP contribution in [0.3, 0.4) is 0 Å². The van der Waals surface area contributed by atoms with Gasteiger partial charge in [-0.15, -0.1) is 0 Å². The van der Waals surface area contributed by atoms with Crippen LogP contribution in [0.25, 0.3) is 0 Å². The number of carbonyl (C=O) groups excluding carboxylic acids is 1. The minimum Gasteiger partial charge on any atom is -0.481 e. The summed E-state index contributed by atoms with van der Waals surface area (Å²) in [5.74, 6) is -0.875. The maximum atomic E-state index is 12.2. The maximum absolute atomic E-state index is 12.2. The minimum absolute atomic E-state index is 0.0172. The van der Waals surface area contributed by atoms with Crippen LogP contribution in [0, 0.1) is 11.3 Å². The molecular weight excluding hydrogens is 246 g/mol. The summed E-state index contributed by atoms with van der Waals surface area (Å²) in [5, 5.41) is 11.6. The van der Waals surface area contributed by atoms with Crippen molar-refractivity contribution in [2.24, 2.45) is 11.3 Å². The predicted molar refractivity (Wildman–Crippen MR) is 71.8 cm³/mol. The van der Waals surface area contributed by atoms with E-state index in [4.69, 9.17) is 9.84 Å². The number of amides is 1. The molecule has 2 N–H and O–H groups in total. The number of hydrogen-bond acceptors (Lipinski definition) is 3. The van der Waals surface area contributed by atoms with Crippen molar-refractivity contribution in [2.45, 2.75) is 52.1 Å². The van der Waals surface area contributed by atoms with Crippen LogP contribution >= 0.6 is 0 Å². The summed E-state index contributed by atoms with van der Waals surface area (Å²) in [5.41, 5.74) is 0.0255. The average Bonchev–Trinajstić information content (AvgIpc) is 2.33. The first-order valence-corrected chi connectivity index (χ1v) is 6.89. The van der Waals surface area contributed by atoms with Gasteiger partial charge in [0.2, 0.25) is 5.91 Å². The van der Waals surface area contributed by atoms with E-state index >= 15 is 0 Å². The maximum Gasteiger partial charge on any atom is 0.306 e. The zero-order chi connectivity index (χ0) is 14.5. The molecule has 110 valence electrons. The zero-order valence-corrected chi connectivity index (χ0v) is 12.1. The number of aliphatic carboxylic acids is 1. The van der Waals surface area contributed by atoms with E-state index in [0.29, 0.717) is 0 Å². The predicted octanol–water partition coefficient (Wildman–Crippen LogP) is 1.81. The monoisotopic (exact) mass is 271 g/mol. The van der Waals surface area contributed by atoms with Gasteiger partial charge in [-0.1, -0.05) is 26.7 Å². The van der Waals surface area contributed by atoms with Crippen molar-refractivity contribution >= 4 is 11.9 Å². The Hall–Kier alpha value is -1.10. The first-order chi connectivity index (χ1) is 8.86. The number of nitrogens with one attached hydrogen (secondary N) is 1. The Bertz CT molecular complexity index is 327. The molecule has 5 nitrogen and oxygen atoms in total. The van der Waals surface area contributed by atoms with Gasteiger partial charge in [0.05, 0.1) is 12.5 Å². The molecule has 1 aliphatic carbocycles. The number of hydrogen-bond donors (Lipinski definition) is 2. The second-order valence-electron chi connectivity index (χ2n) is 5.99. The minimum atomic E-state index is -0.918. The lowest BCUT2D eigenvalue weighted by Gasteiger charge is -2.37. The second-order valence-corrected chi connectivity index (χ2v) is 5.99. The van der Waals surface area contributed by atoms with E-state index in [9.17, 15) is 9.59 Å². The van der Waals surface area contributed by atoms with Crippen molar-refractivity contribution in [3.63, 3.8) is 0 Å². The quantitative estimate of drug-likeness (QED) is 0.772. The molecule has 19 heavy (non-hydrogen) atoms. The summed E-state index contributed by atoms with van der Waals surface area (Å²) < 4.78 is 5.06. The van der Waals surface area contributed by atoms with Gasteiger partial charge in [0, 0.05) is 19.6 Å². The van der Waals surface area contributed by atoms with Gasteiger partial charge in [0.1, 0.15) is 0 Å². The molecule has 1 saturated carbocycles. The van der Waals surface area contributed by atoms with Gasteiger partial charge in [0.25, 0.3) is 0 Å². The number of carbonyl (C=O) groups is 2. The summed E-state index contributed by atoms with van der Waals surface area (Å²) in [6.45, 7) is 4.51. The molecule has 1 aliphatic rings. The Morgan fingerprint density at radius 3 is 2.63 bits per heavy atom. The molecule has 1 amide bonds. The largest absolute Gasteiger partial charge is 0.481 e. The Balaban J connectivity index is 2.47. The molecule has 0 aromatic carbocycles. The van der Waals surface area contributed by atoms with Crippen LogP contribution in [-0.2, 0) is 14.3 Å². The molecule has 2 atom stereocenters. The van der Waals surface area contributed by atoms with Crippen molar-refractivity contribution in [3.05, 3.63) is 0 Å². The van der Waals surface area contributed by atoms with Crippen molar-refractivity contribution in [1.82, 2.24) is 5.32 Å². The number of rotatable bonds is 6. The van der Waals surface area contributed by atoms with Crippen LogP contribution in [0.4, 0.5) is 0 Å². The van der Waals surface area contributed by atoms with Gasteiger partial charge in [-0.3, -0.25) is 9.59 Å². The third-order valence-electron chi connectivity index (χ3n) is 4.06. The zero-order valence-electron chi connectivity index (χ0n) is 12.1. The molecule has 0 spiro atoms. The van der Waals surface area contributed by atoms with Crippen molar-refractivity contribution < 1.29 is 19.4 Å². The van der Waals surface area contributed by atoms with Gasteiger partial charge in [-0.05, 0) is 18.3 Å².